The molecule has 0 bridgehead atoms. The van der Waals surface area contributed by atoms with Crippen molar-refractivity contribution in [3.63, 3.8) is 0 Å². The van der Waals surface area contributed by atoms with Crippen molar-refractivity contribution in [2.24, 2.45) is 0 Å². The molecule has 0 aliphatic heterocycles. The van der Waals surface area contributed by atoms with Gasteiger partial charge in [-0.2, -0.15) is 10.1 Å². The summed E-state index contributed by atoms with van der Waals surface area (Å²) in [4.78, 5) is 15.9. The third-order valence-electron chi connectivity index (χ3n) is 3.37. The van der Waals surface area contributed by atoms with Crippen LogP contribution < -0.4 is 21.3 Å². The van der Waals surface area contributed by atoms with Gasteiger partial charge in [0.2, 0.25) is 11.9 Å². The van der Waals surface area contributed by atoms with E-state index in [0.717, 1.165) is 11.3 Å². The van der Waals surface area contributed by atoms with Crippen LogP contribution in [0.3, 0.4) is 0 Å². The lowest BCUT2D eigenvalue weighted by Gasteiger charge is -2.04. The highest BCUT2D eigenvalue weighted by Crippen LogP contribution is 2.15. The van der Waals surface area contributed by atoms with E-state index in [2.05, 4.69) is 25.6 Å². The van der Waals surface area contributed by atoms with Gasteiger partial charge in [-0.3, -0.25) is 4.79 Å². The predicted molar refractivity (Wildman–Crippen MR) is 89.4 cm³/mol. The number of nitrogen functional groups attached to an aromatic ring is 1. The second kappa shape index (κ2) is 6.41. The van der Waals surface area contributed by atoms with Crippen molar-refractivity contribution in [3.8, 4) is 5.75 Å². The summed E-state index contributed by atoms with van der Waals surface area (Å²) >= 11 is 0. The predicted octanol–water partition coefficient (Wildman–Crippen LogP) is 1.05. The SMILES string of the molecule is COc1ccc(Cn2nc(Nc3cc(C)n[nH]c3=O)nc2N)cc1. The van der Waals surface area contributed by atoms with E-state index in [-0.39, 0.29) is 17.5 Å². The van der Waals surface area contributed by atoms with Crippen molar-refractivity contribution in [2.45, 2.75) is 13.5 Å². The topological polar surface area (TPSA) is 124 Å². The smallest absolute Gasteiger partial charge is 0.287 e. The van der Waals surface area contributed by atoms with Crippen molar-refractivity contribution in [1.29, 1.82) is 0 Å². The van der Waals surface area contributed by atoms with Crippen LogP contribution in [0.1, 0.15) is 11.3 Å². The average molecular weight is 327 g/mol. The van der Waals surface area contributed by atoms with Gasteiger partial charge in [0.1, 0.15) is 11.4 Å². The number of rotatable bonds is 5. The van der Waals surface area contributed by atoms with Crippen molar-refractivity contribution in [3.05, 3.63) is 51.9 Å². The highest BCUT2D eigenvalue weighted by atomic mass is 16.5. The number of hydrogen-bond acceptors (Lipinski definition) is 7. The first-order valence-electron chi connectivity index (χ1n) is 7.22. The maximum absolute atomic E-state index is 11.7. The van der Waals surface area contributed by atoms with Crippen LogP contribution in [-0.4, -0.2) is 32.1 Å². The Labute approximate surface area is 137 Å². The van der Waals surface area contributed by atoms with Crippen molar-refractivity contribution >= 4 is 17.6 Å². The molecule has 4 N–H and O–H groups in total. The monoisotopic (exact) mass is 327 g/mol. The van der Waals surface area contributed by atoms with Gasteiger partial charge in [-0.25, -0.2) is 9.78 Å². The van der Waals surface area contributed by atoms with E-state index in [1.807, 2.05) is 24.3 Å². The summed E-state index contributed by atoms with van der Waals surface area (Å²) in [6.07, 6.45) is 0. The first-order valence-corrected chi connectivity index (χ1v) is 7.22. The highest BCUT2D eigenvalue weighted by molar-refractivity contribution is 5.52. The van der Waals surface area contributed by atoms with Gasteiger partial charge in [0.25, 0.3) is 5.56 Å². The number of aromatic nitrogens is 5. The Balaban J connectivity index is 1.79. The Bertz CT molecular complexity index is 899. The van der Waals surface area contributed by atoms with E-state index in [9.17, 15) is 4.79 Å². The lowest BCUT2D eigenvalue weighted by Crippen LogP contribution is -2.14. The zero-order chi connectivity index (χ0) is 17.1. The third kappa shape index (κ3) is 3.35. The number of hydrogen-bond donors (Lipinski definition) is 3. The fourth-order valence-corrected chi connectivity index (χ4v) is 2.15. The van der Waals surface area contributed by atoms with E-state index in [0.29, 0.717) is 17.9 Å². The minimum atomic E-state index is -0.356. The van der Waals surface area contributed by atoms with Gasteiger partial charge < -0.3 is 15.8 Å². The van der Waals surface area contributed by atoms with E-state index in [1.165, 1.54) is 0 Å². The molecule has 0 radical (unpaired) electrons. The van der Waals surface area contributed by atoms with Gasteiger partial charge in [0, 0.05) is 0 Å². The minimum Gasteiger partial charge on any atom is -0.497 e. The molecule has 3 aromatic rings. The summed E-state index contributed by atoms with van der Waals surface area (Å²) in [6, 6.07) is 9.18. The number of methoxy groups -OCH3 is 1. The standard InChI is InChI=1S/C15H17N7O2/c1-9-7-12(13(23)20-19-9)17-15-18-14(16)22(21-15)8-10-3-5-11(24-2)6-4-10/h3-7H,8H2,1-2H3,(H,20,23)(H3,16,17,18,19,21). The molecule has 0 amide bonds. The lowest BCUT2D eigenvalue weighted by molar-refractivity contribution is 0.414. The molecule has 3 rings (SSSR count). The van der Waals surface area contributed by atoms with Crippen molar-refractivity contribution < 1.29 is 4.74 Å². The molecule has 0 aliphatic rings. The van der Waals surface area contributed by atoms with E-state index >= 15 is 0 Å². The van der Waals surface area contributed by atoms with Gasteiger partial charge >= 0.3 is 0 Å². The zero-order valence-corrected chi connectivity index (χ0v) is 13.3. The van der Waals surface area contributed by atoms with Crippen LogP contribution >= 0.6 is 0 Å². The Hall–Kier alpha value is -3.36. The molecule has 1 aromatic carbocycles. The Morgan fingerprint density at radius 3 is 2.79 bits per heavy atom. The molecule has 2 aromatic heterocycles. The van der Waals surface area contributed by atoms with Gasteiger partial charge in [-0.05, 0) is 30.7 Å². The summed E-state index contributed by atoms with van der Waals surface area (Å²) in [5.41, 5.74) is 7.51. The molecule has 124 valence electrons. The Morgan fingerprint density at radius 1 is 1.33 bits per heavy atom. The molecule has 0 unspecified atom stereocenters. The fourth-order valence-electron chi connectivity index (χ4n) is 2.15. The first-order chi connectivity index (χ1) is 11.5. The Kier molecular flexibility index (Phi) is 4.15. The number of H-pyrrole nitrogens is 1. The van der Waals surface area contributed by atoms with E-state index < -0.39 is 0 Å². The third-order valence-corrected chi connectivity index (χ3v) is 3.37. The fraction of sp³-hybridized carbons (Fsp3) is 0.200. The molecular weight excluding hydrogens is 310 g/mol. The van der Waals surface area contributed by atoms with Crippen molar-refractivity contribution in [2.75, 3.05) is 18.2 Å². The molecule has 9 heteroatoms. The lowest BCUT2D eigenvalue weighted by atomic mass is 10.2. The average Bonchev–Trinajstić information content (AvgIpc) is 2.91. The van der Waals surface area contributed by atoms with Crippen LogP contribution in [0.5, 0.6) is 5.75 Å². The van der Waals surface area contributed by atoms with Gasteiger partial charge in [-0.15, -0.1) is 5.10 Å². The van der Waals surface area contributed by atoms with Gasteiger partial charge in [0.05, 0.1) is 19.3 Å². The number of aromatic amines is 1. The quantitative estimate of drug-likeness (QED) is 0.640. The molecule has 0 fully saturated rings. The van der Waals surface area contributed by atoms with Crippen molar-refractivity contribution in [1.82, 2.24) is 25.0 Å². The second-order valence-corrected chi connectivity index (χ2v) is 5.18. The maximum Gasteiger partial charge on any atom is 0.287 e. The number of anilines is 3. The summed E-state index contributed by atoms with van der Waals surface area (Å²) in [7, 11) is 1.62. The van der Waals surface area contributed by atoms with Crippen LogP contribution in [0.25, 0.3) is 0 Å². The molecule has 24 heavy (non-hydrogen) atoms. The zero-order valence-electron chi connectivity index (χ0n) is 13.3. The highest BCUT2D eigenvalue weighted by Gasteiger charge is 2.10. The summed E-state index contributed by atoms with van der Waals surface area (Å²) in [5, 5.41) is 13.3. The molecular formula is C15H17N7O2. The Morgan fingerprint density at radius 2 is 2.08 bits per heavy atom. The minimum absolute atomic E-state index is 0.246. The van der Waals surface area contributed by atoms with Crippen LogP contribution in [0.15, 0.2) is 35.1 Å². The van der Waals surface area contributed by atoms with Gasteiger partial charge in [-0.1, -0.05) is 12.1 Å². The number of nitrogens with one attached hydrogen (secondary N) is 2. The van der Waals surface area contributed by atoms with E-state index in [1.54, 1.807) is 24.8 Å². The molecule has 0 spiro atoms. The van der Waals surface area contributed by atoms with Crippen LogP contribution in [0.2, 0.25) is 0 Å². The molecule has 0 aliphatic carbocycles. The molecule has 0 atom stereocenters. The largest absolute Gasteiger partial charge is 0.497 e. The van der Waals surface area contributed by atoms with Crippen LogP contribution in [0, 0.1) is 6.92 Å². The molecule has 9 nitrogen and oxygen atoms in total. The summed E-state index contributed by atoms with van der Waals surface area (Å²) in [6.45, 7) is 2.22. The van der Waals surface area contributed by atoms with Crippen LogP contribution in [0.4, 0.5) is 17.6 Å². The summed E-state index contributed by atoms with van der Waals surface area (Å²) < 4.78 is 6.68. The van der Waals surface area contributed by atoms with E-state index in [4.69, 9.17) is 10.5 Å². The first kappa shape index (κ1) is 15.5. The number of ether oxygens (including phenoxy) is 1. The second-order valence-electron chi connectivity index (χ2n) is 5.18. The maximum atomic E-state index is 11.7. The number of aryl methyl sites for hydroxylation is 1. The van der Waals surface area contributed by atoms with Gasteiger partial charge in [0.15, 0.2) is 0 Å². The number of nitrogens with zero attached hydrogens (tertiary/aromatic N) is 4. The number of benzene rings is 1. The normalized spacial score (nSPS) is 10.6. The molecule has 0 saturated heterocycles. The van der Waals surface area contributed by atoms with Crippen LogP contribution in [-0.2, 0) is 6.54 Å². The molecule has 2 heterocycles. The number of nitrogens with two attached hydrogens (primary N) is 1. The summed E-state index contributed by atoms with van der Waals surface area (Å²) in [5.74, 6) is 1.27. The molecule has 0 saturated carbocycles.